The van der Waals surface area contributed by atoms with Gasteiger partial charge in [-0.05, 0) is 37.1 Å². The van der Waals surface area contributed by atoms with Crippen molar-refractivity contribution < 1.29 is 19.4 Å². The van der Waals surface area contributed by atoms with Crippen molar-refractivity contribution in [1.82, 2.24) is 10.6 Å². The monoisotopic (exact) mass is 442 g/mol. The summed E-state index contributed by atoms with van der Waals surface area (Å²) >= 11 is 0. The van der Waals surface area contributed by atoms with Gasteiger partial charge < -0.3 is 21.3 Å². The molecule has 168 valence electrons. The van der Waals surface area contributed by atoms with E-state index in [0.29, 0.717) is 24.2 Å². The lowest BCUT2D eigenvalue weighted by Gasteiger charge is -2.32. The van der Waals surface area contributed by atoms with Crippen LogP contribution < -0.4 is 21.3 Å². The standard InChI is InChI=1S/C20H22N6O6/c27-19(21-13-5-9-15(10-6-13)25(29)30)23-17-3-1-2-4-18(17)24-20(28)22-14-7-11-16(12-8-14)26(31)32/h5-12,17-18H,1-4H2,(H2,21,23,27)(H2,22,24,28)/t17-,18-/m0/s1. The molecule has 0 saturated heterocycles. The predicted octanol–water partition coefficient (Wildman–Crippen LogP) is 3.76. The summed E-state index contributed by atoms with van der Waals surface area (Å²) < 4.78 is 0. The molecule has 0 unspecified atom stereocenters. The number of hydrogen-bond acceptors (Lipinski definition) is 6. The van der Waals surface area contributed by atoms with Crippen LogP contribution >= 0.6 is 0 Å². The lowest BCUT2D eigenvalue weighted by Crippen LogP contribution is -2.54. The second-order valence-electron chi connectivity index (χ2n) is 7.30. The van der Waals surface area contributed by atoms with Crippen LogP contribution in [0.1, 0.15) is 25.7 Å². The first-order chi connectivity index (χ1) is 15.3. The Morgan fingerprint density at radius 1 is 0.688 bits per heavy atom. The number of nitro groups is 2. The van der Waals surface area contributed by atoms with Gasteiger partial charge in [0.05, 0.1) is 21.9 Å². The van der Waals surface area contributed by atoms with E-state index in [1.54, 1.807) is 0 Å². The fourth-order valence-corrected chi connectivity index (χ4v) is 3.48. The average molecular weight is 442 g/mol. The molecule has 2 atom stereocenters. The molecule has 3 rings (SSSR count). The minimum Gasteiger partial charge on any atom is -0.333 e. The van der Waals surface area contributed by atoms with E-state index in [2.05, 4.69) is 21.3 Å². The van der Waals surface area contributed by atoms with Gasteiger partial charge >= 0.3 is 12.1 Å². The number of amides is 4. The predicted molar refractivity (Wildman–Crippen MR) is 117 cm³/mol. The van der Waals surface area contributed by atoms with Gasteiger partial charge in [0.1, 0.15) is 0 Å². The Kier molecular flexibility index (Phi) is 7.16. The smallest absolute Gasteiger partial charge is 0.319 e. The molecule has 2 aromatic rings. The molecular formula is C20H22N6O6. The van der Waals surface area contributed by atoms with E-state index >= 15 is 0 Å². The molecule has 4 N–H and O–H groups in total. The number of anilines is 2. The van der Waals surface area contributed by atoms with Crippen molar-refractivity contribution in [1.29, 1.82) is 0 Å². The third-order valence-corrected chi connectivity index (χ3v) is 5.07. The van der Waals surface area contributed by atoms with Crippen molar-refractivity contribution in [3.05, 3.63) is 68.8 Å². The van der Waals surface area contributed by atoms with Crippen molar-refractivity contribution >= 4 is 34.8 Å². The van der Waals surface area contributed by atoms with Crippen LogP contribution in [0.2, 0.25) is 0 Å². The second-order valence-corrected chi connectivity index (χ2v) is 7.30. The van der Waals surface area contributed by atoms with Gasteiger partial charge in [-0.1, -0.05) is 12.8 Å². The van der Waals surface area contributed by atoms with Crippen LogP contribution in [-0.2, 0) is 0 Å². The quantitative estimate of drug-likeness (QED) is 0.392. The molecule has 0 radical (unpaired) electrons. The molecule has 0 aliphatic heterocycles. The largest absolute Gasteiger partial charge is 0.333 e. The van der Waals surface area contributed by atoms with E-state index in [-0.39, 0.29) is 23.5 Å². The first-order valence-corrected chi connectivity index (χ1v) is 9.96. The van der Waals surface area contributed by atoms with Crippen molar-refractivity contribution in [2.24, 2.45) is 0 Å². The number of urea groups is 2. The zero-order valence-electron chi connectivity index (χ0n) is 16.9. The average Bonchev–Trinajstić information content (AvgIpc) is 2.76. The summed E-state index contributed by atoms with van der Waals surface area (Å²) in [5, 5.41) is 32.4. The van der Waals surface area contributed by atoms with Gasteiger partial charge in [0.15, 0.2) is 0 Å². The molecule has 1 aliphatic carbocycles. The Hall–Kier alpha value is -4.22. The molecule has 0 heterocycles. The molecule has 4 amide bonds. The maximum absolute atomic E-state index is 12.4. The summed E-state index contributed by atoms with van der Waals surface area (Å²) in [6.45, 7) is 0. The summed E-state index contributed by atoms with van der Waals surface area (Å²) in [6, 6.07) is 9.37. The van der Waals surface area contributed by atoms with Gasteiger partial charge in [0, 0.05) is 35.6 Å². The fourth-order valence-electron chi connectivity index (χ4n) is 3.48. The molecule has 32 heavy (non-hydrogen) atoms. The van der Waals surface area contributed by atoms with Crippen LogP contribution in [0.15, 0.2) is 48.5 Å². The Bertz CT molecular complexity index is 913. The zero-order valence-corrected chi connectivity index (χ0v) is 16.9. The van der Waals surface area contributed by atoms with Crippen molar-refractivity contribution in [2.75, 3.05) is 10.6 Å². The maximum Gasteiger partial charge on any atom is 0.319 e. The highest BCUT2D eigenvalue weighted by Crippen LogP contribution is 2.20. The van der Waals surface area contributed by atoms with E-state index in [1.807, 2.05) is 0 Å². The topological polar surface area (TPSA) is 169 Å². The molecule has 12 nitrogen and oxygen atoms in total. The van der Waals surface area contributed by atoms with Crippen LogP contribution in [-0.4, -0.2) is 34.0 Å². The van der Waals surface area contributed by atoms with E-state index in [4.69, 9.17) is 0 Å². The molecule has 12 heteroatoms. The first-order valence-electron chi connectivity index (χ1n) is 9.96. The Morgan fingerprint density at radius 2 is 1.03 bits per heavy atom. The summed E-state index contributed by atoms with van der Waals surface area (Å²) in [5.41, 5.74) is 0.659. The second kappa shape index (κ2) is 10.2. The van der Waals surface area contributed by atoms with Gasteiger partial charge in [-0.25, -0.2) is 9.59 Å². The van der Waals surface area contributed by atoms with E-state index in [9.17, 15) is 29.8 Å². The van der Waals surface area contributed by atoms with E-state index in [1.165, 1.54) is 48.5 Å². The summed E-state index contributed by atoms with van der Waals surface area (Å²) in [4.78, 5) is 45.1. The number of nitrogens with one attached hydrogen (secondary N) is 4. The molecule has 1 aliphatic rings. The number of benzene rings is 2. The van der Waals surface area contributed by atoms with Crippen LogP contribution in [0.3, 0.4) is 0 Å². The van der Waals surface area contributed by atoms with Gasteiger partial charge in [-0.3, -0.25) is 20.2 Å². The molecule has 1 fully saturated rings. The third-order valence-electron chi connectivity index (χ3n) is 5.07. The number of non-ortho nitro benzene ring substituents is 2. The van der Waals surface area contributed by atoms with E-state index in [0.717, 1.165) is 12.8 Å². The number of hydrogen-bond donors (Lipinski definition) is 4. The normalized spacial score (nSPS) is 17.6. The number of rotatable bonds is 6. The van der Waals surface area contributed by atoms with Crippen LogP contribution in [0.5, 0.6) is 0 Å². The Morgan fingerprint density at radius 3 is 1.34 bits per heavy atom. The van der Waals surface area contributed by atoms with Crippen LogP contribution in [0, 0.1) is 20.2 Å². The van der Waals surface area contributed by atoms with Gasteiger partial charge in [0.25, 0.3) is 11.4 Å². The Labute approximate surface area is 182 Å². The van der Waals surface area contributed by atoms with Crippen molar-refractivity contribution in [3.63, 3.8) is 0 Å². The van der Waals surface area contributed by atoms with Gasteiger partial charge in [-0.15, -0.1) is 0 Å². The SMILES string of the molecule is O=C(Nc1ccc([N+](=O)[O-])cc1)N[C@H]1CCCC[C@@H]1NC(=O)Nc1ccc([N+](=O)[O-])cc1. The number of nitrogens with zero attached hydrogens (tertiary/aromatic N) is 2. The van der Waals surface area contributed by atoms with Crippen LogP contribution in [0.25, 0.3) is 0 Å². The summed E-state index contributed by atoms with van der Waals surface area (Å²) in [5.74, 6) is 0. The van der Waals surface area contributed by atoms with E-state index < -0.39 is 21.9 Å². The first kappa shape index (κ1) is 22.5. The minimum absolute atomic E-state index is 0.0773. The van der Waals surface area contributed by atoms with Crippen molar-refractivity contribution in [2.45, 2.75) is 37.8 Å². The number of carbonyl (C=O) groups is 2. The highest BCUT2D eigenvalue weighted by molar-refractivity contribution is 5.91. The molecule has 2 aromatic carbocycles. The lowest BCUT2D eigenvalue weighted by molar-refractivity contribution is -0.385. The molecule has 1 saturated carbocycles. The van der Waals surface area contributed by atoms with Gasteiger partial charge in [-0.2, -0.15) is 0 Å². The van der Waals surface area contributed by atoms with Gasteiger partial charge in [0.2, 0.25) is 0 Å². The van der Waals surface area contributed by atoms with Crippen molar-refractivity contribution in [3.8, 4) is 0 Å². The highest BCUT2D eigenvalue weighted by atomic mass is 16.6. The summed E-state index contributed by atoms with van der Waals surface area (Å²) in [7, 11) is 0. The number of carbonyl (C=O) groups excluding carboxylic acids is 2. The molecule has 0 aromatic heterocycles. The Balaban J connectivity index is 1.54. The highest BCUT2D eigenvalue weighted by Gasteiger charge is 2.28. The third kappa shape index (κ3) is 6.14. The number of nitro benzene ring substituents is 2. The maximum atomic E-state index is 12.4. The molecule has 0 bridgehead atoms. The minimum atomic E-state index is -0.524. The molecule has 0 spiro atoms. The van der Waals surface area contributed by atoms with Crippen LogP contribution in [0.4, 0.5) is 32.3 Å². The zero-order chi connectivity index (χ0) is 23.1. The lowest BCUT2D eigenvalue weighted by atomic mass is 9.90. The molecular weight excluding hydrogens is 420 g/mol. The fraction of sp³-hybridized carbons (Fsp3) is 0.300. The summed E-state index contributed by atoms with van der Waals surface area (Å²) in [6.07, 6.45) is 3.14.